The molecule has 4 heterocycles. The van der Waals surface area contributed by atoms with E-state index in [0.717, 1.165) is 48.6 Å². The van der Waals surface area contributed by atoms with Crippen molar-refractivity contribution in [1.29, 1.82) is 0 Å². The summed E-state index contributed by atoms with van der Waals surface area (Å²) in [4.78, 5) is 54.8. The van der Waals surface area contributed by atoms with Crippen LogP contribution in [0.3, 0.4) is 0 Å². The Morgan fingerprint density at radius 1 is 0.919 bits per heavy atom. The van der Waals surface area contributed by atoms with Gasteiger partial charge in [0.15, 0.2) is 24.8 Å². The summed E-state index contributed by atoms with van der Waals surface area (Å²) in [6.45, 7) is 3.26. The van der Waals surface area contributed by atoms with Crippen LogP contribution in [0.25, 0.3) is 10.9 Å². The van der Waals surface area contributed by atoms with E-state index in [1.54, 1.807) is 41.9 Å². The first-order chi connectivity index (χ1) is 35.6. The van der Waals surface area contributed by atoms with Crippen molar-refractivity contribution in [3.05, 3.63) is 87.9 Å². The van der Waals surface area contributed by atoms with Gasteiger partial charge in [-0.3, -0.25) is 19.6 Å². The lowest BCUT2D eigenvalue weighted by molar-refractivity contribution is -0.384. The van der Waals surface area contributed by atoms with Crippen molar-refractivity contribution in [1.82, 2.24) is 25.3 Å². The molecule has 1 amide bonds. The SMILES string of the molecule is C[C@@H]1O[C@@H](O[C@@H]2[C@@H](C)C[C@@H](C(=O)NCCCc3cn(CCc4c[nH]c5ccc([N+](=O)[O-])cc45)nn3)C[C@H]2O[C@@H]2O[C@H](CO)[C@H](O)[C@H](O[C@@H](CC3CCCCC3)C(=O)O)[C@H]2OC(=O)c2ccccc2)[C@@H](O)[C@H](O)[C@@H]1O. The number of fused-ring (bicyclic) bond motifs is 1. The van der Waals surface area contributed by atoms with Crippen LogP contribution in [0.5, 0.6) is 0 Å². The third kappa shape index (κ3) is 13.1. The summed E-state index contributed by atoms with van der Waals surface area (Å²) in [6, 6.07) is 12.6. The maximum absolute atomic E-state index is 14.1. The second-order valence-corrected chi connectivity index (χ2v) is 20.1. The first-order valence-electron chi connectivity index (χ1n) is 25.6. The number of aliphatic carboxylic acids is 1. The predicted molar refractivity (Wildman–Crippen MR) is 259 cm³/mol. The van der Waals surface area contributed by atoms with E-state index >= 15 is 0 Å². The Kier molecular flexibility index (Phi) is 18.4. The highest BCUT2D eigenvalue weighted by Crippen LogP contribution is 2.39. The fourth-order valence-corrected chi connectivity index (χ4v) is 10.7. The second kappa shape index (κ2) is 24.9. The summed E-state index contributed by atoms with van der Waals surface area (Å²) < 4.78 is 39.1. The summed E-state index contributed by atoms with van der Waals surface area (Å²) in [7, 11) is 0. The summed E-state index contributed by atoms with van der Waals surface area (Å²) >= 11 is 0. The van der Waals surface area contributed by atoms with Crippen LogP contribution in [0.4, 0.5) is 5.69 Å². The number of non-ortho nitro benzene ring substituents is 1. The maximum Gasteiger partial charge on any atom is 0.338 e. The zero-order valence-electron chi connectivity index (χ0n) is 41.4. The van der Waals surface area contributed by atoms with Gasteiger partial charge in [0, 0.05) is 54.4 Å². The van der Waals surface area contributed by atoms with Gasteiger partial charge in [0.2, 0.25) is 5.91 Å². The third-order valence-electron chi connectivity index (χ3n) is 14.9. The molecule has 4 aliphatic rings. The molecule has 0 radical (unpaired) electrons. The second-order valence-electron chi connectivity index (χ2n) is 20.1. The summed E-state index contributed by atoms with van der Waals surface area (Å²) in [5.41, 5.74) is 2.50. The fraction of sp³-hybridized carbons (Fsp3) is 0.627. The van der Waals surface area contributed by atoms with E-state index in [1.165, 1.54) is 25.1 Å². The van der Waals surface area contributed by atoms with E-state index < -0.39 is 115 Å². The van der Waals surface area contributed by atoms with Gasteiger partial charge in [-0.05, 0) is 81.0 Å². The quantitative estimate of drug-likeness (QED) is 0.0257. The minimum absolute atomic E-state index is 0.00357. The lowest BCUT2D eigenvalue weighted by Crippen LogP contribution is -2.64. The molecule has 74 heavy (non-hydrogen) atoms. The van der Waals surface area contributed by atoms with Crippen molar-refractivity contribution in [3.8, 4) is 0 Å². The number of nitrogens with zero attached hydrogens (tertiary/aromatic N) is 4. The number of aromatic nitrogens is 4. The Balaban J connectivity index is 0.979. The highest BCUT2D eigenvalue weighted by atomic mass is 16.7. The zero-order valence-corrected chi connectivity index (χ0v) is 41.4. The number of H-pyrrole nitrogens is 1. The van der Waals surface area contributed by atoms with Crippen LogP contribution in [-0.4, -0.2) is 166 Å². The van der Waals surface area contributed by atoms with Gasteiger partial charge >= 0.3 is 11.9 Å². The zero-order chi connectivity index (χ0) is 52.6. The molecule has 23 nitrogen and oxygen atoms in total. The number of rotatable bonds is 21. The highest BCUT2D eigenvalue weighted by molar-refractivity contribution is 5.89. The van der Waals surface area contributed by atoms with Crippen molar-refractivity contribution in [2.75, 3.05) is 13.2 Å². The number of benzene rings is 2. The monoisotopic (exact) mass is 1040 g/mol. The number of aliphatic hydroxyl groups excluding tert-OH is 5. The topological polar surface area (TPSA) is 330 Å². The van der Waals surface area contributed by atoms with E-state index in [0.29, 0.717) is 31.5 Å². The summed E-state index contributed by atoms with van der Waals surface area (Å²) in [6.07, 6.45) is -8.87. The van der Waals surface area contributed by atoms with E-state index in [1.807, 2.05) is 12.4 Å². The molecule has 0 spiro atoms. The minimum Gasteiger partial charge on any atom is -0.479 e. The van der Waals surface area contributed by atoms with Crippen LogP contribution in [0.1, 0.15) is 93.3 Å². The Labute approximate surface area is 426 Å². The number of carboxylic acid groups (broad SMARTS) is 1. The molecule has 2 aromatic heterocycles. The average Bonchev–Trinajstić information content (AvgIpc) is 4.04. The van der Waals surface area contributed by atoms with Gasteiger partial charge in [-0.25, -0.2) is 9.59 Å². The van der Waals surface area contributed by atoms with Crippen LogP contribution in [-0.2, 0) is 57.4 Å². The lowest BCUT2D eigenvalue weighted by Gasteiger charge is -2.48. The Morgan fingerprint density at radius 3 is 2.42 bits per heavy atom. The molecular formula is C51H68N6O17. The molecule has 8 rings (SSSR count). The van der Waals surface area contributed by atoms with Gasteiger partial charge in [-0.2, -0.15) is 0 Å². The molecule has 4 aromatic rings. The number of amides is 1. The van der Waals surface area contributed by atoms with Crippen molar-refractivity contribution < 1.29 is 78.4 Å². The van der Waals surface area contributed by atoms with E-state index in [-0.39, 0.29) is 48.9 Å². The molecule has 2 saturated carbocycles. The number of ether oxygens (including phenoxy) is 6. The number of hydrogen-bond donors (Lipinski definition) is 8. The van der Waals surface area contributed by atoms with Crippen LogP contribution >= 0.6 is 0 Å². The number of aromatic amines is 1. The third-order valence-corrected chi connectivity index (χ3v) is 14.9. The van der Waals surface area contributed by atoms with Crippen molar-refractivity contribution in [2.45, 2.75) is 171 Å². The minimum atomic E-state index is -1.71. The number of esters is 1. The number of carbonyl (C=O) groups is 3. The molecule has 15 atom stereocenters. The van der Waals surface area contributed by atoms with Gasteiger partial charge in [0.05, 0.1) is 41.1 Å². The number of carbonyl (C=O) groups excluding carboxylic acids is 2. The summed E-state index contributed by atoms with van der Waals surface area (Å²) in [5.74, 6) is -3.70. The van der Waals surface area contributed by atoms with Gasteiger partial charge < -0.3 is 69.4 Å². The predicted octanol–water partition coefficient (Wildman–Crippen LogP) is 2.72. The molecule has 8 N–H and O–H groups in total. The molecule has 2 saturated heterocycles. The van der Waals surface area contributed by atoms with Crippen LogP contribution in [0.15, 0.2) is 60.9 Å². The van der Waals surface area contributed by atoms with Gasteiger partial charge in [0.25, 0.3) is 5.69 Å². The largest absolute Gasteiger partial charge is 0.479 e. The molecule has 0 unspecified atom stereocenters. The Morgan fingerprint density at radius 2 is 1.69 bits per heavy atom. The molecule has 2 aromatic carbocycles. The number of aryl methyl sites for hydroxylation is 3. The van der Waals surface area contributed by atoms with Crippen molar-refractivity contribution in [2.24, 2.45) is 17.8 Å². The molecule has 404 valence electrons. The van der Waals surface area contributed by atoms with Crippen molar-refractivity contribution >= 4 is 34.4 Å². The molecule has 2 aliphatic heterocycles. The van der Waals surface area contributed by atoms with Gasteiger partial charge in [-0.1, -0.05) is 62.4 Å². The number of aliphatic hydroxyl groups is 5. The number of nitrogens with one attached hydrogen (secondary N) is 2. The van der Waals surface area contributed by atoms with E-state index in [2.05, 4.69) is 20.6 Å². The summed E-state index contributed by atoms with van der Waals surface area (Å²) in [5, 5.41) is 88.6. The molecule has 0 bridgehead atoms. The highest BCUT2D eigenvalue weighted by Gasteiger charge is 2.54. The number of carboxylic acids is 1. The Hall–Kier alpha value is -5.47. The number of hydrogen-bond acceptors (Lipinski definition) is 18. The van der Waals surface area contributed by atoms with Gasteiger partial charge in [-0.15, -0.1) is 5.10 Å². The first kappa shape index (κ1) is 54.8. The van der Waals surface area contributed by atoms with Crippen LogP contribution in [0.2, 0.25) is 0 Å². The van der Waals surface area contributed by atoms with Crippen LogP contribution < -0.4 is 5.32 Å². The number of nitro groups is 1. The molecule has 23 heteroatoms. The lowest BCUT2D eigenvalue weighted by atomic mass is 9.77. The average molecular weight is 1040 g/mol. The first-order valence-corrected chi connectivity index (χ1v) is 25.6. The fourth-order valence-electron chi connectivity index (χ4n) is 10.7. The van der Waals surface area contributed by atoms with E-state index in [9.17, 15) is 55.1 Å². The van der Waals surface area contributed by atoms with Crippen LogP contribution in [0, 0.1) is 27.9 Å². The Bertz CT molecular complexity index is 2510. The number of nitro benzene ring substituents is 1. The molecule has 4 fully saturated rings. The molecular weight excluding hydrogens is 969 g/mol. The van der Waals surface area contributed by atoms with E-state index in [4.69, 9.17) is 28.4 Å². The maximum atomic E-state index is 14.1. The smallest absolute Gasteiger partial charge is 0.338 e. The molecule has 2 aliphatic carbocycles. The van der Waals surface area contributed by atoms with Gasteiger partial charge in [0.1, 0.15) is 36.6 Å². The van der Waals surface area contributed by atoms with Crippen molar-refractivity contribution in [3.63, 3.8) is 0 Å². The standard InChI is InChI=1S/C51H68N6O17/c1-27-20-32(47(63)52-18-9-14-33-25-56(55-54-33)19-17-31-24-53-36-16-15-34(57(67)68)23-35(31)36)22-37(44(27)74-50-43(62)42(61)40(59)28(2)69-50)71-51-46(73-49(66)30-12-7-4-8-13-30)45(41(60)39(26-58)72-51)70-38(48(64)65)21-29-10-5-3-6-11-29/h4,7-8,12-13,15-16,23-25,27-29,32,37-46,50-51,53,58-62H,3,5-6,9-11,14,17-22,26H2,1-2H3,(H,52,63)(H,64,65)/t27-,28-,32+,37+,38-,39+,40+,41-,42+,43-,44+,45-,46+,50-,51+/m0/s1. The normalized spacial score (nSPS) is 31.2.